The number of carbonyl (C=O) groups is 1. The predicted octanol–water partition coefficient (Wildman–Crippen LogP) is 3.06. The number of amides is 1. The number of rotatable bonds is 8. The van der Waals surface area contributed by atoms with Crippen molar-refractivity contribution in [3.05, 3.63) is 54.2 Å². The van der Waals surface area contributed by atoms with Crippen LogP contribution >= 0.6 is 24.8 Å². The summed E-state index contributed by atoms with van der Waals surface area (Å²) < 4.78 is 0. The number of aromatic nitrogens is 1. The molecule has 0 unspecified atom stereocenters. The van der Waals surface area contributed by atoms with Crippen LogP contribution in [0, 0.1) is 0 Å². The first kappa shape index (κ1) is 22.0. The highest BCUT2D eigenvalue weighted by atomic mass is 35.5. The third kappa shape index (κ3) is 8.04. The Hall–Kier alpha value is -1.98. The lowest BCUT2D eigenvalue weighted by atomic mass is 10.1. The van der Waals surface area contributed by atoms with E-state index in [9.17, 15) is 4.79 Å². The van der Waals surface area contributed by atoms with Crippen LogP contribution in [-0.4, -0.2) is 24.0 Å². The summed E-state index contributed by atoms with van der Waals surface area (Å²) in [5.74, 6) is 0.912. The topological polar surface area (TPSA) is 80.0 Å². The Labute approximate surface area is 155 Å². The summed E-state index contributed by atoms with van der Waals surface area (Å²) in [5.41, 5.74) is 7.62. The van der Waals surface area contributed by atoms with Gasteiger partial charge < -0.3 is 16.4 Å². The zero-order chi connectivity index (χ0) is 15.6. The van der Waals surface area contributed by atoms with Gasteiger partial charge in [-0.15, -0.1) is 24.8 Å². The average Bonchev–Trinajstić information content (AvgIpc) is 2.55. The van der Waals surface area contributed by atoms with Gasteiger partial charge in [0.15, 0.2) is 0 Å². The van der Waals surface area contributed by atoms with Gasteiger partial charge >= 0.3 is 0 Å². The largest absolute Gasteiger partial charge is 0.399 e. The molecule has 0 radical (unpaired) electrons. The number of hydrogen-bond acceptors (Lipinski definition) is 4. The molecule has 7 heteroatoms. The Morgan fingerprint density at radius 1 is 1.04 bits per heavy atom. The lowest BCUT2D eigenvalue weighted by molar-refractivity contribution is -0.121. The Bertz CT molecular complexity index is 596. The molecule has 132 valence electrons. The Balaban J connectivity index is 0.00000264. The van der Waals surface area contributed by atoms with Gasteiger partial charge in [-0.25, -0.2) is 4.98 Å². The van der Waals surface area contributed by atoms with Gasteiger partial charge in [-0.05, 0) is 36.6 Å². The minimum atomic E-state index is 0. The van der Waals surface area contributed by atoms with Gasteiger partial charge in [0.1, 0.15) is 5.82 Å². The monoisotopic (exact) mass is 370 g/mol. The lowest BCUT2D eigenvalue weighted by Gasteiger charge is -2.08. The Kier molecular flexibility index (Phi) is 11.4. The van der Waals surface area contributed by atoms with Gasteiger partial charge in [0.25, 0.3) is 0 Å². The molecule has 1 aromatic heterocycles. The molecule has 0 spiro atoms. The van der Waals surface area contributed by atoms with Crippen molar-refractivity contribution in [1.82, 2.24) is 10.3 Å². The van der Waals surface area contributed by atoms with E-state index >= 15 is 0 Å². The molecule has 5 nitrogen and oxygen atoms in total. The highest BCUT2D eigenvalue weighted by Crippen LogP contribution is 2.12. The van der Waals surface area contributed by atoms with Crippen LogP contribution in [0.15, 0.2) is 48.7 Å². The number of nitrogens with two attached hydrogens (primary N) is 1. The summed E-state index contributed by atoms with van der Waals surface area (Å²) >= 11 is 0. The highest BCUT2D eigenvalue weighted by Gasteiger charge is 2.03. The van der Waals surface area contributed by atoms with Crippen molar-refractivity contribution in [1.29, 1.82) is 0 Å². The third-order valence-corrected chi connectivity index (χ3v) is 3.32. The van der Waals surface area contributed by atoms with E-state index in [-0.39, 0.29) is 30.7 Å². The summed E-state index contributed by atoms with van der Waals surface area (Å²) in [4.78, 5) is 15.9. The number of benzene rings is 1. The van der Waals surface area contributed by atoms with E-state index < -0.39 is 0 Å². The van der Waals surface area contributed by atoms with Crippen molar-refractivity contribution in [2.45, 2.75) is 19.3 Å². The second kappa shape index (κ2) is 12.4. The molecular formula is C17H24Cl2N4O. The molecule has 0 fully saturated rings. The number of pyridine rings is 1. The quantitative estimate of drug-likeness (QED) is 0.492. The van der Waals surface area contributed by atoms with E-state index in [0.29, 0.717) is 19.4 Å². The standard InChI is InChI=1S/C17H22N4O.2ClH/c18-15-7-2-1-6-14(15)9-10-17(22)21-13-5-12-20-16-8-3-4-11-19-16;;/h1-4,6-8,11H,5,9-10,12-13,18H2,(H,19,20)(H,21,22);2*1H. The summed E-state index contributed by atoms with van der Waals surface area (Å²) in [6, 6.07) is 13.4. The minimum absolute atomic E-state index is 0. The van der Waals surface area contributed by atoms with Gasteiger partial charge in [-0.1, -0.05) is 24.3 Å². The number of hydrogen-bond donors (Lipinski definition) is 3. The van der Waals surface area contributed by atoms with E-state index in [2.05, 4.69) is 15.6 Å². The van der Waals surface area contributed by atoms with Crippen LogP contribution in [0.2, 0.25) is 0 Å². The molecule has 1 aromatic carbocycles. The fourth-order valence-electron chi connectivity index (χ4n) is 2.10. The molecule has 1 amide bonds. The van der Waals surface area contributed by atoms with Crippen LogP contribution < -0.4 is 16.4 Å². The molecule has 0 aliphatic carbocycles. The first-order valence-corrected chi connectivity index (χ1v) is 7.50. The van der Waals surface area contributed by atoms with Crippen LogP contribution in [0.3, 0.4) is 0 Å². The van der Waals surface area contributed by atoms with Crippen molar-refractivity contribution in [2.24, 2.45) is 0 Å². The first-order valence-electron chi connectivity index (χ1n) is 7.50. The van der Waals surface area contributed by atoms with Gasteiger partial charge in [0.2, 0.25) is 5.91 Å². The molecule has 0 bridgehead atoms. The van der Waals surface area contributed by atoms with Crippen LogP contribution in [0.1, 0.15) is 18.4 Å². The van der Waals surface area contributed by atoms with Gasteiger partial charge in [-0.3, -0.25) is 4.79 Å². The number of halogens is 2. The number of nitrogens with zero attached hydrogens (tertiary/aromatic N) is 1. The van der Waals surface area contributed by atoms with E-state index in [1.54, 1.807) is 6.20 Å². The second-order valence-electron chi connectivity index (χ2n) is 5.04. The third-order valence-electron chi connectivity index (χ3n) is 3.32. The lowest BCUT2D eigenvalue weighted by Crippen LogP contribution is -2.26. The number of anilines is 2. The smallest absolute Gasteiger partial charge is 0.220 e. The van der Waals surface area contributed by atoms with E-state index in [4.69, 9.17) is 5.73 Å². The number of aryl methyl sites for hydroxylation is 1. The Morgan fingerprint density at radius 2 is 1.79 bits per heavy atom. The zero-order valence-corrected chi connectivity index (χ0v) is 15.0. The summed E-state index contributed by atoms with van der Waals surface area (Å²) in [7, 11) is 0. The van der Waals surface area contributed by atoms with E-state index in [0.717, 1.165) is 30.0 Å². The number of nitrogens with one attached hydrogen (secondary N) is 2. The van der Waals surface area contributed by atoms with Crippen LogP contribution in [-0.2, 0) is 11.2 Å². The maximum Gasteiger partial charge on any atom is 0.220 e. The summed E-state index contributed by atoms with van der Waals surface area (Å²) in [5, 5.41) is 6.12. The van der Waals surface area contributed by atoms with E-state index in [1.165, 1.54) is 0 Å². The normalized spacial score (nSPS) is 9.33. The molecule has 1 heterocycles. The van der Waals surface area contributed by atoms with Crippen LogP contribution in [0.5, 0.6) is 0 Å². The first-order chi connectivity index (χ1) is 10.8. The van der Waals surface area contributed by atoms with Crippen molar-refractivity contribution in [3.8, 4) is 0 Å². The maximum absolute atomic E-state index is 11.8. The molecule has 0 saturated heterocycles. The molecule has 2 aromatic rings. The van der Waals surface area contributed by atoms with Crippen LogP contribution in [0.4, 0.5) is 11.5 Å². The van der Waals surface area contributed by atoms with Crippen molar-refractivity contribution in [2.75, 3.05) is 24.1 Å². The second-order valence-corrected chi connectivity index (χ2v) is 5.04. The van der Waals surface area contributed by atoms with Gasteiger partial charge in [-0.2, -0.15) is 0 Å². The van der Waals surface area contributed by atoms with Crippen LogP contribution in [0.25, 0.3) is 0 Å². The van der Waals surface area contributed by atoms with Crippen molar-refractivity contribution in [3.63, 3.8) is 0 Å². The molecule has 2 rings (SSSR count). The van der Waals surface area contributed by atoms with Gasteiger partial charge in [0, 0.05) is 31.4 Å². The maximum atomic E-state index is 11.8. The molecule has 0 saturated carbocycles. The average molecular weight is 371 g/mol. The Morgan fingerprint density at radius 3 is 2.50 bits per heavy atom. The highest BCUT2D eigenvalue weighted by molar-refractivity contribution is 5.85. The number of nitrogen functional groups attached to an aromatic ring is 1. The molecule has 24 heavy (non-hydrogen) atoms. The SMILES string of the molecule is Cl.Cl.Nc1ccccc1CCC(=O)NCCCNc1ccccn1. The predicted molar refractivity (Wildman–Crippen MR) is 104 cm³/mol. The van der Waals surface area contributed by atoms with Crippen molar-refractivity contribution < 1.29 is 4.79 Å². The molecule has 4 N–H and O–H groups in total. The fraction of sp³-hybridized carbons (Fsp3) is 0.294. The molecule has 0 aliphatic rings. The summed E-state index contributed by atoms with van der Waals surface area (Å²) in [6.07, 6.45) is 3.74. The molecule has 0 atom stereocenters. The van der Waals surface area contributed by atoms with Gasteiger partial charge in [0.05, 0.1) is 0 Å². The van der Waals surface area contributed by atoms with E-state index in [1.807, 2.05) is 42.5 Å². The minimum Gasteiger partial charge on any atom is -0.399 e. The number of carbonyl (C=O) groups excluding carboxylic acids is 1. The van der Waals surface area contributed by atoms with Crippen molar-refractivity contribution >= 4 is 42.2 Å². The summed E-state index contributed by atoms with van der Waals surface area (Å²) in [6.45, 7) is 1.44. The zero-order valence-electron chi connectivity index (χ0n) is 13.4. The fourth-order valence-corrected chi connectivity index (χ4v) is 2.10. The molecule has 0 aliphatic heterocycles. The molecular weight excluding hydrogens is 347 g/mol. The number of para-hydroxylation sites is 1.